The summed E-state index contributed by atoms with van der Waals surface area (Å²) in [4.78, 5) is 19.5. The maximum Gasteiger partial charge on any atom is 0.226 e. The van der Waals surface area contributed by atoms with Gasteiger partial charge < -0.3 is 5.32 Å². The van der Waals surface area contributed by atoms with Gasteiger partial charge in [0.05, 0.1) is 6.54 Å². The van der Waals surface area contributed by atoms with Crippen molar-refractivity contribution in [3.63, 3.8) is 0 Å². The maximum absolute atomic E-state index is 12.6. The zero-order valence-electron chi connectivity index (χ0n) is 15.8. The Labute approximate surface area is 151 Å². The monoisotopic (exact) mass is 347 g/mol. The molecule has 140 valence electrons. The van der Waals surface area contributed by atoms with Crippen molar-refractivity contribution in [2.45, 2.75) is 71.9 Å². The molecule has 0 unspecified atom stereocenters. The lowest BCUT2D eigenvalue weighted by atomic mass is 9.82. The van der Waals surface area contributed by atoms with Crippen molar-refractivity contribution in [3.8, 4) is 0 Å². The van der Waals surface area contributed by atoms with Gasteiger partial charge >= 0.3 is 0 Å². The molecule has 1 aromatic heterocycles. The molecule has 0 radical (unpaired) electrons. The first-order valence-corrected chi connectivity index (χ1v) is 10.0. The van der Waals surface area contributed by atoms with E-state index in [1.54, 1.807) is 6.33 Å². The van der Waals surface area contributed by atoms with Gasteiger partial charge in [0, 0.05) is 18.5 Å². The standard InChI is InChI=1S/C19H33N5O/c1-3-19(9-5-6-10-19)18(25)20-13-16-7-11-23(12-8-16)14-17-21-15-22-24(17)4-2/h15-16H,3-14H2,1-2H3,(H,20,25). The van der Waals surface area contributed by atoms with Gasteiger partial charge in [-0.05, 0) is 58.0 Å². The minimum absolute atomic E-state index is 0.0646. The Morgan fingerprint density at radius 1 is 1.28 bits per heavy atom. The van der Waals surface area contributed by atoms with Crippen LogP contribution in [0.1, 0.15) is 64.6 Å². The van der Waals surface area contributed by atoms with Gasteiger partial charge in [-0.1, -0.05) is 19.8 Å². The number of nitrogens with zero attached hydrogens (tertiary/aromatic N) is 4. The van der Waals surface area contributed by atoms with Gasteiger partial charge in [-0.3, -0.25) is 9.69 Å². The maximum atomic E-state index is 12.6. The molecule has 1 aliphatic heterocycles. The van der Waals surface area contributed by atoms with Crippen LogP contribution in [0.4, 0.5) is 0 Å². The number of carbonyl (C=O) groups is 1. The lowest BCUT2D eigenvalue weighted by Gasteiger charge is -2.33. The number of likely N-dealkylation sites (tertiary alicyclic amines) is 1. The lowest BCUT2D eigenvalue weighted by molar-refractivity contribution is -0.131. The van der Waals surface area contributed by atoms with E-state index in [4.69, 9.17) is 0 Å². The fourth-order valence-electron chi connectivity index (χ4n) is 4.44. The molecule has 2 heterocycles. The molecular weight excluding hydrogens is 314 g/mol. The number of carbonyl (C=O) groups excluding carboxylic acids is 1. The first-order valence-electron chi connectivity index (χ1n) is 10.0. The molecule has 25 heavy (non-hydrogen) atoms. The van der Waals surface area contributed by atoms with E-state index in [9.17, 15) is 4.79 Å². The van der Waals surface area contributed by atoms with E-state index >= 15 is 0 Å². The molecule has 0 atom stereocenters. The van der Waals surface area contributed by atoms with Gasteiger partial charge in [-0.25, -0.2) is 9.67 Å². The topological polar surface area (TPSA) is 63.1 Å². The van der Waals surface area contributed by atoms with Crippen molar-refractivity contribution in [1.82, 2.24) is 25.0 Å². The Kier molecular flexibility index (Phi) is 6.10. The molecule has 6 heteroatoms. The quantitative estimate of drug-likeness (QED) is 0.823. The van der Waals surface area contributed by atoms with E-state index in [0.717, 1.165) is 70.7 Å². The average Bonchev–Trinajstić information content (AvgIpc) is 3.30. The third-order valence-electron chi connectivity index (χ3n) is 6.34. The minimum atomic E-state index is -0.0646. The van der Waals surface area contributed by atoms with Crippen LogP contribution >= 0.6 is 0 Å². The molecule has 1 saturated carbocycles. The molecule has 1 aromatic rings. The molecular formula is C19H33N5O. The van der Waals surface area contributed by atoms with Crippen molar-refractivity contribution in [3.05, 3.63) is 12.2 Å². The highest BCUT2D eigenvalue weighted by Crippen LogP contribution is 2.41. The summed E-state index contributed by atoms with van der Waals surface area (Å²) in [5.74, 6) is 1.98. The highest BCUT2D eigenvalue weighted by atomic mass is 16.2. The fourth-order valence-corrected chi connectivity index (χ4v) is 4.44. The number of nitrogens with one attached hydrogen (secondary N) is 1. The van der Waals surface area contributed by atoms with Crippen LogP contribution in [0.2, 0.25) is 0 Å². The van der Waals surface area contributed by atoms with Gasteiger partial charge in [0.2, 0.25) is 5.91 Å². The molecule has 6 nitrogen and oxygen atoms in total. The van der Waals surface area contributed by atoms with E-state index in [-0.39, 0.29) is 5.41 Å². The second-order valence-corrected chi connectivity index (χ2v) is 7.76. The zero-order chi connectivity index (χ0) is 17.7. The normalized spacial score (nSPS) is 21.5. The van der Waals surface area contributed by atoms with Gasteiger partial charge in [0.1, 0.15) is 12.2 Å². The summed E-state index contributed by atoms with van der Waals surface area (Å²) >= 11 is 0. The second kappa shape index (κ2) is 8.30. The van der Waals surface area contributed by atoms with Crippen molar-refractivity contribution in [1.29, 1.82) is 0 Å². The largest absolute Gasteiger partial charge is 0.355 e. The molecule has 0 aromatic carbocycles. The van der Waals surface area contributed by atoms with E-state index in [0.29, 0.717) is 11.8 Å². The SMILES string of the molecule is CCn1ncnc1CN1CCC(CNC(=O)C2(CC)CCCC2)CC1. The number of hydrogen-bond acceptors (Lipinski definition) is 4. The molecule has 2 fully saturated rings. The van der Waals surface area contributed by atoms with E-state index in [1.807, 2.05) is 4.68 Å². The molecule has 2 aliphatic rings. The molecule has 1 N–H and O–H groups in total. The number of hydrogen-bond donors (Lipinski definition) is 1. The Hall–Kier alpha value is -1.43. The van der Waals surface area contributed by atoms with Crippen LogP contribution in [0.25, 0.3) is 0 Å². The van der Waals surface area contributed by atoms with Crippen LogP contribution < -0.4 is 5.32 Å². The summed E-state index contributed by atoms with van der Waals surface area (Å²) < 4.78 is 1.97. The smallest absolute Gasteiger partial charge is 0.226 e. The molecule has 1 saturated heterocycles. The van der Waals surface area contributed by atoms with Crippen LogP contribution in [0.3, 0.4) is 0 Å². The molecule has 3 rings (SSSR count). The fraction of sp³-hybridized carbons (Fsp3) is 0.842. The van der Waals surface area contributed by atoms with Crippen molar-refractivity contribution in [2.24, 2.45) is 11.3 Å². The zero-order valence-corrected chi connectivity index (χ0v) is 15.8. The summed E-state index contributed by atoms with van der Waals surface area (Å²) in [5, 5.41) is 7.53. The average molecular weight is 348 g/mol. The van der Waals surface area contributed by atoms with Gasteiger partial charge in [-0.2, -0.15) is 5.10 Å². The Balaban J connectivity index is 1.41. The lowest BCUT2D eigenvalue weighted by Crippen LogP contribution is -2.43. The highest BCUT2D eigenvalue weighted by molar-refractivity contribution is 5.82. The summed E-state index contributed by atoms with van der Waals surface area (Å²) in [6, 6.07) is 0. The van der Waals surface area contributed by atoms with Crippen LogP contribution in [0, 0.1) is 11.3 Å². The van der Waals surface area contributed by atoms with Gasteiger partial charge in [0.25, 0.3) is 0 Å². The third kappa shape index (κ3) is 4.22. The number of amides is 1. The highest BCUT2D eigenvalue weighted by Gasteiger charge is 2.39. The van der Waals surface area contributed by atoms with Crippen LogP contribution in [0.5, 0.6) is 0 Å². The summed E-state index contributed by atoms with van der Waals surface area (Å²) in [6.45, 7) is 9.02. The molecule has 0 bridgehead atoms. The van der Waals surface area contributed by atoms with Gasteiger partial charge in [-0.15, -0.1) is 0 Å². The number of aromatic nitrogens is 3. The Morgan fingerprint density at radius 3 is 2.64 bits per heavy atom. The molecule has 0 spiro atoms. The first-order chi connectivity index (χ1) is 12.2. The van der Waals surface area contributed by atoms with Crippen molar-refractivity contribution >= 4 is 5.91 Å². The van der Waals surface area contributed by atoms with Crippen molar-refractivity contribution < 1.29 is 4.79 Å². The summed E-state index contributed by atoms with van der Waals surface area (Å²) in [6.07, 6.45) is 9.50. The van der Waals surface area contributed by atoms with E-state index < -0.39 is 0 Å². The van der Waals surface area contributed by atoms with Crippen LogP contribution in [-0.2, 0) is 17.9 Å². The van der Waals surface area contributed by atoms with Crippen LogP contribution in [-0.4, -0.2) is 45.2 Å². The second-order valence-electron chi connectivity index (χ2n) is 7.76. The van der Waals surface area contributed by atoms with E-state index in [2.05, 4.69) is 34.1 Å². The predicted molar refractivity (Wildman–Crippen MR) is 97.9 cm³/mol. The Morgan fingerprint density at radius 2 is 2.00 bits per heavy atom. The minimum Gasteiger partial charge on any atom is -0.355 e. The first kappa shape index (κ1) is 18.4. The number of aryl methyl sites for hydroxylation is 1. The molecule has 1 aliphatic carbocycles. The summed E-state index contributed by atoms with van der Waals surface area (Å²) in [7, 11) is 0. The molecule has 1 amide bonds. The third-order valence-corrected chi connectivity index (χ3v) is 6.34. The van der Waals surface area contributed by atoms with Crippen LogP contribution in [0.15, 0.2) is 6.33 Å². The Bertz CT molecular complexity index is 556. The van der Waals surface area contributed by atoms with Gasteiger partial charge in [0.15, 0.2) is 0 Å². The summed E-state index contributed by atoms with van der Waals surface area (Å²) in [5.41, 5.74) is -0.0646. The number of piperidine rings is 1. The number of rotatable bonds is 7. The predicted octanol–water partition coefficient (Wildman–Crippen LogP) is 2.60. The van der Waals surface area contributed by atoms with E-state index in [1.165, 1.54) is 12.8 Å². The van der Waals surface area contributed by atoms with Crippen molar-refractivity contribution in [2.75, 3.05) is 19.6 Å².